The number of carbonyl (C=O) groups is 1. The quantitative estimate of drug-likeness (QED) is 0.773. The molecule has 2 rings (SSSR count). The van der Waals surface area contributed by atoms with Crippen molar-refractivity contribution in [3.05, 3.63) is 35.1 Å². The fraction of sp³-hybridized carbons (Fsp3) is 0.385. The van der Waals surface area contributed by atoms with Crippen molar-refractivity contribution in [2.75, 3.05) is 6.61 Å². The van der Waals surface area contributed by atoms with Crippen LogP contribution in [0.25, 0.3) is 0 Å². The summed E-state index contributed by atoms with van der Waals surface area (Å²) in [7, 11) is 0. The summed E-state index contributed by atoms with van der Waals surface area (Å²) in [6.07, 6.45) is 0.702. The van der Waals surface area contributed by atoms with Crippen LogP contribution in [0.3, 0.4) is 0 Å². The van der Waals surface area contributed by atoms with E-state index < -0.39 is 18.1 Å². The number of halogens is 1. The number of benzene rings is 1. The van der Waals surface area contributed by atoms with Crippen molar-refractivity contribution < 1.29 is 18.7 Å². The Balaban J connectivity index is 2.22. The van der Waals surface area contributed by atoms with Crippen molar-refractivity contribution in [3.8, 4) is 0 Å². The van der Waals surface area contributed by atoms with Gasteiger partial charge in [-0.25, -0.2) is 14.2 Å². The molecule has 5 heteroatoms. The minimum atomic E-state index is -0.713. The summed E-state index contributed by atoms with van der Waals surface area (Å²) in [4.78, 5) is 15.6. The first kappa shape index (κ1) is 12.5. The third-order valence-electron chi connectivity index (χ3n) is 2.75. The maximum absolute atomic E-state index is 13.2. The second-order valence-electron chi connectivity index (χ2n) is 4.02. The van der Waals surface area contributed by atoms with Gasteiger partial charge in [-0.3, -0.25) is 0 Å². The second kappa shape index (κ2) is 5.16. The average Bonchev–Trinajstić information content (AvgIpc) is 2.82. The number of hydrogen-bond acceptors (Lipinski definition) is 4. The van der Waals surface area contributed by atoms with Crippen LogP contribution in [0.2, 0.25) is 0 Å². The van der Waals surface area contributed by atoms with Gasteiger partial charge in [0.25, 0.3) is 0 Å². The smallest absolute Gasteiger partial charge is 0.335 e. The van der Waals surface area contributed by atoms with Gasteiger partial charge in [0, 0.05) is 0 Å². The van der Waals surface area contributed by atoms with E-state index >= 15 is 0 Å². The number of ether oxygens (including phenoxy) is 2. The van der Waals surface area contributed by atoms with Crippen LogP contribution in [-0.2, 0) is 14.3 Å². The summed E-state index contributed by atoms with van der Waals surface area (Å²) >= 11 is 0. The summed E-state index contributed by atoms with van der Waals surface area (Å²) in [6, 6.07) is 3.89. The molecule has 0 aromatic heterocycles. The lowest BCUT2D eigenvalue weighted by Gasteiger charge is -2.16. The van der Waals surface area contributed by atoms with E-state index in [0.717, 1.165) is 0 Å². The first-order chi connectivity index (χ1) is 8.63. The standard InChI is InChI=1S/C13H14FNO3/c1-3-17-13(16)11-12(18-7-15-11)9-4-5-10(14)8(2)6-9/h4-7,11-12H,3H2,1-2H3. The van der Waals surface area contributed by atoms with Crippen LogP contribution < -0.4 is 0 Å². The van der Waals surface area contributed by atoms with Crippen LogP contribution >= 0.6 is 0 Å². The molecule has 1 aromatic rings. The van der Waals surface area contributed by atoms with Gasteiger partial charge in [0.05, 0.1) is 6.61 Å². The van der Waals surface area contributed by atoms with Crippen molar-refractivity contribution in [1.29, 1.82) is 0 Å². The molecule has 1 aromatic carbocycles. The molecule has 0 N–H and O–H groups in total. The molecule has 0 fully saturated rings. The molecule has 0 saturated carbocycles. The molecule has 1 heterocycles. The molecule has 0 amide bonds. The van der Waals surface area contributed by atoms with E-state index in [4.69, 9.17) is 9.47 Å². The Labute approximate surface area is 104 Å². The van der Waals surface area contributed by atoms with E-state index in [0.29, 0.717) is 17.7 Å². The van der Waals surface area contributed by atoms with Gasteiger partial charge < -0.3 is 9.47 Å². The molecule has 1 aliphatic heterocycles. The zero-order valence-corrected chi connectivity index (χ0v) is 10.2. The normalized spacial score (nSPS) is 21.7. The van der Waals surface area contributed by atoms with Crippen molar-refractivity contribution >= 4 is 12.4 Å². The Hall–Kier alpha value is -1.91. The second-order valence-corrected chi connectivity index (χ2v) is 4.02. The predicted octanol–water partition coefficient (Wildman–Crippen LogP) is 2.17. The van der Waals surface area contributed by atoms with Crippen molar-refractivity contribution in [2.45, 2.75) is 26.0 Å². The van der Waals surface area contributed by atoms with E-state index in [9.17, 15) is 9.18 Å². The molecule has 1 aliphatic rings. The topological polar surface area (TPSA) is 47.9 Å². The zero-order valence-electron chi connectivity index (χ0n) is 10.2. The monoisotopic (exact) mass is 251 g/mol. The highest BCUT2D eigenvalue weighted by molar-refractivity contribution is 5.80. The number of aliphatic imine (C=N–C) groups is 1. The van der Waals surface area contributed by atoms with Crippen LogP contribution in [0.1, 0.15) is 24.2 Å². The van der Waals surface area contributed by atoms with E-state index in [1.54, 1.807) is 26.0 Å². The van der Waals surface area contributed by atoms with E-state index in [1.807, 2.05) is 0 Å². The lowest BCUT2D eigenvalue weighted by Crippen LogP contribution is -2.26. The Morgan fingerprint density at radius 2 is 2.33 bits per heavy atom. The number of carbonyl (C=O) groups excluding carboxylic acids is 1. The molecule has 18 heavy (non-hydrogen) atoms. The van der Waals surface area contributed by atoms with Gasteiger partial charge in [-0.2, -0.15) is 0 Å². The van der Waals surface area contributed by atoms with Crippen molar-refractivity contribution in [1.82, 2.24) is 0 Å². The number of esters is 1. The first-order valence-electron chi connectivity index (χ1n) is 5.73. The number of aryl methyl sites for hydroxylation is 1. The van der Waals surface area contributed by atoms with Crippen molar-refractivity contribution in [2.24, 2.45) is 4.99 Å². The largest absolute Gasteiger partial charge is 0.473 e. The first-order valence-corrected chi connectivity index (χ1v) is 5.73. The van der Waals surface area contributed by atoms with Gasteiger partial charge in [0.15, 0.2) is 18.5 Å². The number of nitrogens with zero attached hydrogens (tertiary/aromatic N) is 1. The number of hydrogen-bond donors (Lipinski definition) is 0. The molecule has 2 atom stereocenters. The predicted molar refractivity (Wildman–Crippen MR) is 63.9 cm³/mol. The summed E-state index contributed by atoms with van der Waals surface area (Å²) < 4.78 is 23.4. The minimum absolute atomic E-state index is 0.287. The fourth-order valence-corrected chi connectivity index (χ4v) is 1.84. The molecule has 0 saturated heterocycles. The van der Waals surface area contributed by atoms with E-state index in [2.05, 4.69) is 4.99 Å². The maximum Gasteiger partial charge on any atom is 0.335 e. The summed E-state index contributed by atoms with van der Waals surface area (Å²) in [5.41, 5.74) is 1.22. The molecule has 96 valence electrons. The van der Waals surface area contributed by atoms with Gasteiger partial charge in [-0.05, 0) is 37.1 Å². The lowest BCUT2D eigenvalue weighted by atomic mass is 10.0. The zero-order chi connectivity index (χ0) is 13.1. The van der Waals surface area contributed by atoms with Crippen LogP contribution in [0.15, 0.2) is 23.2 Å². The SMILES string of the molecule is CCOC(=O)C1N=COC1c1ccc(F)c(C)c1. The third kappa shape index (κ3) is 2.34. The average molecular weight is 251 g/mol. The van der Waals surface area contributed by atoms with Gasteiger partial charge >= 0.3 is 5.97 Å². The van der Waals surface area contributed by atoms with Crippen LogP contribution in [0.4, 0.5) is 4.39 Å². The molecule has 0 aliphatic carbocycles. The Morgan fingerprint density at radius 1 is 1.56 bits per heavy atom. The third-order valence-corrected chi connectivity index (χ3v) is 2.75. The minimum Gasteiger partial charge on any atom is -0.473 e. The molecule has 0 spiro atoms. The molecular weight excluding hydrogens is 237 g/mol. The summed E-state index contributed by atoms with van der Waals surface area (Å²) in [5, 5.41) is 0. The molecule has 0 bridgehead atoms. The van der Waals surface area contributed by atoms with Gasteiger partial charge in [-0.15, -0.1) is 0 Å². The van der Waals surface area contributed by atoms with E-state index in [-0.39, 0.29) is 5.82 Å². The molecular formula is C13H14FNO3. The van der Waals surface area contributed by atoms with Crippen molar-refractivity contribution in [3.63, 3.8) is 0 Å². The van der Waals surface area contributed by atoms with Crippen LogP contribution in [-0.4, -0.2) is 25.0 Å². The fourth-order valence-electron chi connectivity index (χ4n) is 1.84. The van der Waals surface area contributed by atoms with Gasteiger partial charge in [0.1, 0.15) is 5.82 Å². The lowest BCUT2D eigenvalue weighted by molar-refractivity contribution is -0.146. The van der Waals surface area contributed by atoms with Gasteiger partial charge in [-0.1, -0.05) is 6.07 Å². The van der Waals surface area contributed by atoms with E-state index in [1.165, 1.54) is 12.5 Å². The highest BCUT2D eigenvalue weighted by Crippen LogP contribution is 2.28. The Kier molecular flexibility index (Phi) is 3.60. The van der Waals surface area contributed by atoms with Crippen LogP contribution in [0.5, 0.6) is 0 Å². The Morgan fingerprint density at radius 3 is 3.00 bits per heavy atom. The highest BCUT2D eigenvalue weighted by atomic mass is 19.1. The Bertz CT molecular complexity index is 487. The van der Waals surface area contributed by atoms with Crippen LogP contribution in [0, 0.1) is 12.7 Å². The molecule has 4 nitrogen and oxygen atoms in total. The molecule has 2 unspecified atom stereocenters. The summed E-state index contributed by atoms with van der Waals surface area (Å²) in [5.74, 6) is -0.719. The van der Waals surface area contributed by atoms with Gasteiger partial charge in [0.2, 0.25) is 0 Å². The highest BCUT2D eigenvalue weighted by Gasteiger charge is 2.35. The summed E-state index contributed by atoms with van der Waals surface area (Å²) in [6.45, 7) is 3.68. The maximum atomic E-state index is 13.2. The molecule has 0 radical (unpaired) electrons. The number of rotatable bonds is 3.